The number of likely N-dealkylation sites (N-methyl/N-ethyl adjacent to an activating group) is 1. The molecule has 0 spiro atoms. The maximum absolute atomic E-state index is 6.30. The number of piperazine rings is 1. The number of fused-ring (bicyclic) bond motifs is 2. The van der Waals surface area contributed by atoms with Crippen molar-refractivity contribution in [2.75, 3.05) is 56.7 Å². The van der Waals surface area contributed by atoms with Crippen molar-refractivity contribution in [1.29, 1.82) is 0 Å². The molecule has 1 aliphatic heterocycles. The molecule has 6 rings (SSSR count). The zero-order valence-corrected chi connectivity index (χ0v) is 29.1. The van der Waals surface area contributed by atoms with Crippen LogP contribution < -0.4 is 14.5 Å². The lowest BCUT2D eigenvalue weighted by molar-refractivity contribution is 0.0878. The monoisotopic (exact) mass is 641 g/mol. The van der Waals surface area contributed by atoms with Gasteiger partial charge in [0, 0.05) is 53.0 Å². The van der Waals surface area contributed by atoms with E-state index in [1.807, 2.05) is 28.9 Å². The maximum Gasteiger partial charge on any atom is 0.232 e. The van der Waals surface area contributed by atoms with E-state index in [4.69, 9.17) is 29.5 Å². The van der Waals surface area contributed by atoms with Crippen LogP contribution in [-0.4, -0.2) is 89.1 Å². The number of rotatable bonds is 13. The summed E-state index contributed by atoms with van der Waals surface area (Å²) in [5, 5.41) is 4.82. The Morgan fingerprint density at radius 2 is 1.67 bits per heavy atom. The third kappa shape index (κ3) is 7.19. The van der Waals surface area contributed by atoms with Gasteiger partial charge in [-0.3, -0.25) is 0 Å². The topological polar surface area (TPSA) is 89.1 Å². The summed E-state index contributed by atoms with van der Waals surface area (Å²) in [5.74, 6) is 3.23. The molecular formula is C34H47N9O2Si. The molecular weight excluding hydrogens is 595 g/mol. The SMILES string of the molecule is CCc1cnn2c(N(Cc3ccc(OC)cc3)Cc3nc4ccccc4n3COCC[Si](C)(C)C)nc(N3CCN(C)CC3)nc12. The Hall–Kier alpha value is -4.00. The van der Waals surface area contributed by atoms with Crippen LogP contribution in [0.15, 0.2) is 54.7 Å². The minimum atomic E-state index is -1.22. The van der Waals surface area contributed by atoms with Crippen molar-refractivity contribution < 1.29 is 9.47 Å². The van der Waals surface area contributed by atoms with Gasteiger partial charge in [0.25, 0.3) is 0 Å². The second kappa shape index (κ2) is 13.8. The Balaban J connectivity index is 1.42. The number of hydrogen-bond donors (Lipinski definition) is 0. The number of nitrogens with zero attached hydrogens (tertiary/aromatic N) is 9. The summed E-state index contributed by atoms with van der Waals surface area (Å²) in [6.45, 7) is 15.3. The predicted octanol–water partition coefficient (Wildman–Crippen LogP) is 5.32. The lowest BCUT2D eigenvalue weighted by Gasteiger charge is -2.33. The molecule has 0 aliphatic carbocycles. The van der Waals surface area contributed by atoms with Crippen molar-refractivity contribution in [2.24, 2.45) is 0 Å². The van der Waals surface area contributed by atoms with Gasteiger partial charge in [0.2, 0.25) is 11.9 Å². The molecule has 0 bridgehead atoms. The van der Waals surface area contributed by atoms with Crippen LogP contribution in [0.4, 0.5) is 11.9 Å². The second-order valence-electron chi connectivity index (χ2n) is 13.4. The number of hydrogen-bond acceptors (Lipinski definition) is 9. The van der Waals surface area contributed by atoms with Crippen molar-refractivity contribution in [3.05, 3.63) is 71.7 Å². The van der Waals surface area contributed by atoms with E-state index >= 15 is 0 Å². The fraction of sp³-hybridized carbons (Fsp3) is 0.471. The molecule has 12 heteroatoms. The smallest absolute Gasteiger partial charge is 0.232 e. The number of ether oxygens (including phenoxy) is 2. The molecule has 0 saturated carbocycles. The van der Waals surface area contributed by atoms with Gasteiger partial charge in [0.05, 0.1) is 30.9 Å². The first-order valence-corrected chi connectivity index (χ1v) is 20.0. The molecule has 0 N–H and O–H groups in total. The second-order valence-corrected chi connectivity index (χ2v) is 19.0. The van der Waals surface area contributed by atoms with Gasteiger partial charge in [-0.2, -0.15) is 19.6 Å². The van der Waals surface area contributed by atoms with E-state index in [9.17, 15) is 0 Å². The molecule has 244 valence electrons. The highest BCUT2D eigenvalue weighted by atomic mass is 28.3. The fourth-order valence-electron chi connectivity index (χ4n) is 5.74. The summed E-state index contributed by atoms with van der Waals surface area (Å²) in [6, 6.07) is 17.6. The van der Waals surface area contributed by atoms with Crippen LogP contribution in [0.2, 0.25) is 25.7 Å². The maximum atomic E-state index is 6.30. The van der Waals surface area contributed by atoms with Gasteiger partial charge in [-0.1, -0.05) is 50.8 Å². The summed E-state index contributed by atoms with van der Waals surface area (Å²) in [4.78, 5) is 22.4. The van der Waals surface area contributed by atoms with Crippen molar-refractivity contribution in [3.63, 3.8) is 0 Å². The Kier molecular flexibility index (Phi) is 9.57. The van der Waals surface area contributed by atoms with E-state index in [-0.39, 0.29) is 0 Å². The van der Waals surface area contributed by atoms with Crippen molar-refractivity contribution in [1.82, 2.24) is 34.0 Å². The van der Waals surface area contributed by atoms with E-state index in [2.05, 4.69) is 83.2 Å². The van der Waals surface area contributed by atoms with Gasteiger partial charge in [-0.15, -0.1) is 0 Å². The van der Waals surface area contributed by atoms with Crippen LogP contribution in [0.1, 0.15) is 23.9 Å². The molecule has 2 aromatic carbocycles. The van der Waals surface area contributed by atoms with Crippen LogP contribution in [0.25, 0.3) is 16.7 Å². The molecule has 11 nitrogen and oxygen atoms in total. The first kappa shape index (κ1) is 32.0. The highest BCUT2D eigenvalue weighted by Crippen LogP contribution is 2.27. The number of imidazole rings is 1. The van der Waals surface area contributed by atoms with Gasteiger partial charge in [-0.05, 0) is 49.3 Å². The Labute approximate surface area is 272 Å². The lowest BCUT2D eigenvalue weighted by Crippen LogP contribution is -2.45. The summed E-state index contributed by atoms with van der Waals surface area (Å²) >= 11 is 0. The van der Waals surface area contributed by atoms with Crippen LogP contribution in [0.3, 0.4) is 0 Å². The third-order valence-electron chi connectivity index (χ3n) is 8.68. The molecule has 3 aromatic heterocycles. The fourth-order valence-corrected chi connectivity index (χ4v) is 6.50. The van der Waals surface area contributed by atoms with E-state index in [1.165, 1.54) is 0 Å². The Bertz CT molecular complexity index is 1750. The summed E-state index contributed by atoms with van der Waals surface area (Å²) in [6.07, 6.45) is 2.76. The highest BCUT2D eigenvalue weighted by molar-refractivity contribution is 6.76. The zero-order valence-electron chi connectivity index (χ0n) is 28.1. The van der Waals surface area contributed by atoms with Gasteiger partial charge in [0.15, 0.2) is 5.65 Å². The van der Waals surface area contributed by atoms with Crippen LogP contribution in [-0.2, 0) is 31.0 Å². The first-order valence-electron chi connectivity index (χ1n) is 16.3. The van der Waals surface area contributed by atoms with Crippen molar-refractivity contribution >= 4 is 36.7 Å². The molecule has 0 amide bonds. The van der Waals surface area contributed by atoms with Crippen LogP contribution >= 0.6 is 0 Å². The Morgan fingerprint density at radius 3 is 2.39 bits per heavy atom. The number of benzene rings is 2. The van der Waals surface area contributed by atoms with E-state index in [1.54, 1.807) is 7.11 Å². The average Bonchev–Trinajstić information content (AvgIpc) is 3.63. The summed E-state index contributed by atoms with van der Waals surface area (Å²) < 4.78 is 15.9. The molecule has 0 unspecified atom stereocenters. The summed E-state index contributed by atoms with van der Waals surface area (Å²) in [7, 11) is 2.64. The molecule has 0 atom stereocenters. The standard InChI is InChI=1S/C34H47N9O2Si/c1-7-27-22-35-43-32(27)37-33(40-18-16-39(2)17-19-40)38-34(43)41(23-26-12-14-28(44-3)15-13-26)24-31-36-29-10-8-9-11-30(29)42(31)25-45-20-21-46(4,5)6/h8-15,22H,7,16-21,23-25H2,1-6H3. The van der Waals surface area contributed by atoms with Gasteiger partial charge >= 0.3 is 0 Å². The molecule has 1 aliphatic rings. The van der Waals surface area contributed by atoms with E-state index in [0.717, 1.165) is 96.5 Å². The third-order valence-corrected chi connectivity index (χ3v) is 10.4. The first-order chi connectivity index (χ1) is 22.2. The van der Waals surface area contributed by atoms with E-state index in [0.29, 0.717) is 19.8 Å². The molecule has 1 saturated heterocycles. The minimum Gasteiger partial charge on any atom is -0.497 e. The largest absolute Gasteiger partial charge is 0.497 e. The Morgan fingerprint density at radius 1 is 0.913 bits per heavy atom. The van der Waals surface area contributed by atoms with Gasteiger partial charge in [0.1, 0.15) is 18.3 Å². The van der Waals surface area contributed by atoms with Crippen molar-refractivity contribution in [2.45, 2.75) is 58.9 Å². The number of aromatic nitrogens is 6. The average molecular weight is 642 g/mol. The number of para-hydroxylation sites is 2. The number of anilines is 2. The number of aryl methyl sites for hydroxylation is 1. The number of methoxy groups -OCH3 is 1. The molecule has 4 heterocycles. The molecule has 0 radical (unpaired) electrons. The zero-order chi connectivity index (χ0) is 32.3. The molecule has 1 fully saturated rings. The lowest BCUT2D eigenvalue weighted by atomic mass is 10.2. The summed E-state index contributed by atoms with van der Waals surface area (Å²) in [5.41, 5.74) is 5.10. The van der Waals surface area contributed by atoms with Gasteiger partial charge < -0.3 is 28.7 Å². The predicted molar refractivity (Wildman–Crippen MR) is 187 cm³/mol. The van der Waals surface area contributed by atoms with Gasteiger partial charge in [-0.25, -0.2) is 4.98 Å². The normalized spacial score (nSPS) is 14.4. The van der Waals surface area contributed by atoms with E-state index < -0.39 is 8.07 Å². The van der Waals surface area contributed by atoms with Crippen LogP contribution in [0.5, 0.6) is 5.75 Å². The minimum absolute atomic E-state index is 0.449. The molecule has 5 aromatic rings. The highest BCUT2D eigenvalue weighted by Gasteiger charge is 2.25. The van der Waals surface area contributed by atoms with Crippen LogP contribution in [0, 0.1) is 0 Å². The quantitative estimate of drug-likeness (QED) is 0.125. The van der Waals surface area contributed by atoms with Crippen molar-refractivity contribution in [3.8, 4) is 5.75 Å². The molecule has 46 heavy (non-hydrogen) atoms.